The third-order valence-electron chi connectivity index (χ3n) is 2.45. The first-order valence-electron chi connectivity index (χ1n) is 6.23. The quantitative estimate of drug-likeness (QED) is 0.824. The predicted octanol–water partition coefficient (Wildman–Crippen LogP) is 2.74. The van der Waals surface area contributed by atoms with E-state index in [1.807, 2.05) is 13.8 Å². The number of carbonyl (C=O) groups excluding carboxylic acids is 1. The Hall–Kier alpha value is -1.26. The number of likely N-dealkylation sites (N-methyl/N-ethyl adjacent to an activating group) is 1. The molecule has 0 aromatic heterocycles. The van der Waals surface area contributed by atoms with Crippen LogP contribution >= 0.6 is 0 Å². The maximum absolute atomic E-state index is 11.8. The molecule has 0 aromatic carbocycles. The molecule has 5 heteroatoms. The van der Waals surface area contributed by atoms with Crippen LogP contribution in [-0.2, 0) is 9.53 Å². The fourth-order valence-electron chi connectivity index (χ4n) is 1.44. The highest BCUT2D eigenvalue weighted by Crippen LogP contribution is 2.15. The van der Waals surface area contributed by atoms with E-state index in [0.29, 0.717) is 12.3 Å². The van der Waals surface area contributed by atoms with Crippen molar-refractivity contribution in [1.29, 1.82) is 0 Å². The fraction of sp³-hybridized carbons (Fsp3) is 0.846. The Balaban J connectivity index is 4.61. The van der Waals surface area contributed by atoms with Gasteiger partial charge in [-0.15, -0.1) is 0 Å². The Kier molecular flexibility index (Phi) is 6.15. The second-order valence-electron chi connectivity index (χ2n) is 5.92. The molecule has 0 fully saturated rings. The Labute approximate surface area is 109 Å². The van der Waals surface area contributed by atoms with Gasteiger partial charge in [0.15, 0.2) is 0 Å². The first-order chi connectivity index (χ1) is 8.04. The van der Waals surface area contributed by atoms with Gasteiger partial charge < -0.3 is 9.84 Å². The molecule has 5 nitrogen and oxygen atoms in total. The van der Waals surface area contributed by atoms with Crippen molar-refractivity contribution in [1.82, 2.24) is 4.90 Å². The summed E-state index contributed by atoms with van der Waals surface area (Å²) in [5.41, 5.74) is -0.619. The molecule has 0 heterocycles. The van der Waals surface area contributed by atoms with E-state index in [9.17, 15) is 9.59 Å². The van der Waals surface area contributed by atoms with Crippen LogP contribution in [0.5, 0.6) is 0 Å². The molecule has 0 bridgehead atoms. The summed E-state index contributed by atoms with van der Waals surface area (Å²) < 4.78 is 5.16. The van der Waals surface area contributed by atoms with Gasteiger partial charge in [-0.1, -0.05) is 13.8 Å². The Bertz CT molecular complexity index is 294. The highest BCUT2D eigenvalue weighted by atomic mass is 16.6. The largest absolute Gasteiger partial charge is 0.480 e. The summed E-state index contributed by atoms with van der Waals surface area (Å²) in [6.45, 7) is 9.30. The number of carboxylic acids is 1. The van der Waals surface area contributed by atoms with Gasteiger partial charge in [-0.3, -0.25) is 4.90 Å². The summed E-state index contributed by atoms with van der Waals surface area (Å²) in [6.07, 6.45) is 0.589. The molecule has 0 aliphatic heterocycles. The van der Waals surface area contributed by atoms with E-state index in [1.165, 1.54) is 7.05 Å². The van der Waals surface area contributed by atoms with E-state index in [-0.39, 0.29) is 0 Å². The van der Waals surface area contributed by atoms with Crippen LogP contribution in [-0.4, -0.2) is 40.8 Å². The Morgan fingerprint density at radius 3 is 2.06 bits per heavy atom. The Morgan fingerprint density at radius 2 is 1.72 bits per heavy atom. The maximum Gasteiger partial charge on any atom is 0.410 e. The van der Waals surface area contributed by atoms with Gasteiger partial charge in [-0.2, -0.15) is 0 Å². The van der Waals surface area contributed by atoms with Crippen molar-refractivity contribution >= 4 is 12.1 Å². The molecule has 0 radical (unpaired) electrons. The maximum atomic E-state index is 11.8. The van der Waals surface area contributed by atoms with Gasteiger partial charge in [0.1, 0.15) is 11.6 Å². The number of hydrogen-bond donors (Lipinski definition) is 1. The number of nitrogens with zero attached hydrogens (tertiary/aromatic N) is 1. The van der Waals surface area contributed by atoms with E-state index < -0.39 is 23.7 Å². The molecule has 18 heavy (non-hydrogen) atoms. The van der Waals surface area contributed by atoms with Gasteiger partial charge >= 0.3 is 12.1 Å². The molecule has 0 aliphatic carbocycles. The van der Waals surface area contributed by atoms with Crippen molar-refractivity contribution in [2.45, 2.75) is 59.1 Å². The van der Waals surface area contributed by atoms with Crippen LogP contribution in [0.2, 0.25) is 0 Å². The fourth-order valence-corrected chi connectivity index (χ4v) is 1.44. The summed E-state index contributed by atoms with van der Waals surface area (Å²) in [5, 5.41) is 9.15. The lowest BCUT2D eigenvalue weighted by molar-refractivity contribution is -0.143. The lowest BCUT2D eigenvalue weighted by Crippen LogP contribution is -2.44. The first-order valence-corrected chi connectivity index (χ1v) is 6.23. The summed E-state index contributed by atoms with van der Waals surface area (Å²) in [4.78, 5) is 24.1. The lowest BCUT2D eigenvalue weighted by Gasteiger charge is -2.28. The third-order valence-corrected chi connectivity index (χ3v) is 2.45. The molecule has 0 saturated heterocycles. The minimum atomic E-state index is -0.996. The van der Waals surface area contributed by atoms with Crippen LogP contribution in [0.25, 0.3) is 0 Å². The van der Waals surface area contributed by atoms with Crippen molar-refractivity contribution in [3.63, 3.8) is 0 Å². The zero-order valence-corrected chi connectivity index (χ0v) is 12.2. The number of carbonyl (C=O) groups is 2. The summed E-state index contributed by atoms with van der Waals surface area (Å²) >= 11 is 0. The standard InChI is InChI=1S/C13H25NO4/c1-9(2)7-8-10(11(15)16)14(6)12(17)18-13(3,4)5/h9-10H,7-8H2,1-6H3,(H,15,16). The van der Waals surface area contributed by atoms with Gasteiger partial charge in [-0.25, -0.2) is 9.59 Å². The molecule has 1 N–H and O–H groups in total. The predicted molar refractivity (Wildman–Crippen MR) is 69.5 cm³/mol. The SMILES string of the molecule is CC(C)CCC(C(=O)O)N(C)C(=O)OC(C)(C)C. The molecule has 106 valence electrons. The van der Waals surface area contributed by atoms with Gasteiger partial charge in [0.25, 0.3) is 0 Å². The van der Waals surface area contributed by atoms with Gasteiger partial charge in [0.2, 0.25) is 0 Å². The second kappa shape index (κ2) is 6.61. The molecular formula is C13H25NO4. The summed E-state index contributed by atoms with van der Waals surface area (Å²) in [6, 6.07) is -0.831. The van der Waals surface area contributed by atoms with Crippen molar-refractivity contribution in [3.8, 4) is 0 Å². The normalized spacial score (nSPS) is 13.3. The van der Waals surface area contributed by atoms with E-state index >= 15 is 0 Å². The van der Waals surface area contributed by atoms with Crippen LogP contribution < -0.4 is 0 Å². The molecule has 0 rings (SSSR count). The molecule has 1 unspecified atom stereocenters. The minimum absolute atomic E-state index is 0.402. The summed E-state index contributed by atoms with van der Waals surface area (Å²) in [5.74, 6) is -0.595. The Morgan fingerprint density at radius 1 is 1.22 bits per heavy atom. The number of rotatable bonds is 5. The van der Waals surface area contributed by atoms with Crippen molar-refractivity contribution < 1.29 is 19.4 Å². The number of aliphatic carboxylic acids is 1. The monoisotopic (exact) mass is 259 g/mol. The average Bonchev–Trinajstić information content (AvgIpc) is 2.13. The van der Waals surface area contributed by atoms with E-state index in [4.69, 9.17) is 9.84 Å². The molecular weight excluding hydrogens is 234 g/mol. The molecule has 0 spiro atoms. The zero-order chi connectivity index (χ0) is 14.5. The topological polar surface area (TPSA) is 66.8 Å². The van der Waals surface area contributed by atoms with Crippen molar-refractivity contribution in [2.24, 2.45) is 5.92 Å². The van der Waals surface area contributed by atoms with E-state index in [0.717, 1.165) is 11.3 Å². The lowest BCUT2D eigenvalue weighted by atomic mass is 10.0. The van der Waals surface area contributed by atoms with Crippen molar-refractivity contribution in [2.75, 3.05) is 7.05 Å². The van der Waals surface area contributed by atoms with Gasteiger partial charge in [0, 0.05) is 7.05 Å². The first kappa shape index (κ1) is 16.7. The van der Waals surface area contributed by atoms with Crippen LogP contribution in [0, 0.1) is 5.92 Å². The molecule has 0 aromatic rings. The number of ether oxygens (including phenoxy) is 1. The number of amides is 1. The van der Waals surface area contributed by atoms with Gasteiger partial charge in [-0.05, 0) is 39.5 Å². The number of hydrogen-bond acceptors (Lipinski definition) is 3. The van der Waals surface area contributed by atoms with E-state index in [1.54, 1.807) is 20.8 Å². The van der Waals surface area contributed by atoms with Crippen molar-refractivity contribution in [3.05, 3.63) is 0 Å². The van der Waals surface area contributed by atoms with Crippen LogP contribution in [0.1, 0.15) is 47.5 Å². The highest BCUT2D eigenvalue weighted by molar-refractivity contribution is 5.79. The molecule has 1 atom stereocenters. The van der Waals surface area contributed by atoms with E-state index in [2.05, 4.69) is 0 Å². The van der Waals surface area contributed by atoms with Crippen LogP contribution in [0.3, 0.4) is 0 Å². The minimum Gasteiger partial charge on any atom is -0.480 e. The highest BCUT2D eigenvalue weighted by Gasteiger charge is 2.29. The van der Waals surface area contributed by atoms with Gasteiger partial charge in [0.05, 0.1) is 0 Å². The van der Waals surface area contributed by atoms with Crippen LogP contribution in [0.15, 0.2) is 0 Å². The van der Waals surface area contributed by atoms with Crippen LogP contribution in [0.4, 0.5) is 4.79 Å². The number of carboxylic acid groups (broad SMARTS) is 1. The second-order valence-corrected chi connectivity index (χ2v) is 5.92. The average molecular weight is 259 g/mol. The molecule has 1 amide bonds. The molecule has 0 aliphatic rings. The smallest absolute Gasteiger partial charge is 0.410 e. The summed E-state index contributed by atoms with van der Waals surface area (Å²) in [7, 11) is 1.47. The zero-order valence-electron chi connectivity index (χ0n) is 12.2. The third kappa shape index (κ3) is 6.47. The molecule has 0 saturated carbocycles.